The summed E-state index contributed by atoms with van der Waals surface area (Å²) in [5.41, 5.74) is 0. The van der Waals surface area contributed by atoms with Gasteiger partial charge in [-0.2, -0.15) is 0 Å². The van der Waals surface area contributed by atoms with Crippen LogP contribution >= 0.6 is 0 Å². The van der Waals surface area contributed by atoms with Gasteiger partial charge in [0.15, 0.2) is 0 Å². The lowest BCUT2D eigenvalue weighted by molar-refractivity contribution is 0.0421. The lowest BCUT2D eigenvalue weighted by Gasteiger charge is -2.28. The second kappa shape index (κ2) is 7.36. The molecule has 5 heteroatoms. The summed E-state index contributed by atoms with van der Waals surface area (Å²) in [5.74, 6) is 0. The quantitative estimate of drug-likeness (QED) is 0.460. The Morgan fingerprint density at radius 1 is 1.00 bits per heavy atom. The zero-order valence-electron chi connectivity index (χ0n) is 10.0. The zero-order chi connectivity index (χ0) is 11.0. The van der Waals surface area contributed by atoms with Gasteiger partial charge in [0.2, 0.25) is 0 Å². The largest absolute Gasteiger partial charge is 0.501 e. The third kappa shape index (κ3) is 4.06. The van der Waals surface area contributed by atoms with Crippen LogP contribution in [0.5, 0.6) is 0 Å². The summed E-state index contributed by atoms with van der Waals surface area (Å²) in [6.07, 6.45) is 0. The molecule has 0 fully saturated rings. The summed E-state index contributed by atoms with van der Waals surface area (Å²) < 4.78 is 16.4. The maximum absolute atomic E-state index is 5.74. The van der Waals surface area contributed by atoms with Crippen LogP contribution in [-0.4, -0.2) is 47.7 Å². The van der Waals surface area contributed by atoms with E-state index in [0.29, 0.717) is 6.73 Å². The van der Waals surface area contributed by atoms with Crippen LogP contribution in [0.4, 0.5) is 0 Å². The molecule has 0 heterocycles. The Kier molecular flexibility index (Phi) is 7.39. The van der Waals surface area contributed by atoms with Crippen molar-refractivity contribution in [2.45, 2.75) is 26.8 Å². The molecule has 0 bridgehead atoms. The Bertz CT molecular complexity index is 130. The van der Waals surface area contributed by atoms with E-state index in [0.717, 1.165) is 19.1 Å². The fourth-order valence-electron chi connectivity index (χ4n) is 1.19. The van der Waals surface area contributed by atoms with Crippen LogP contribution in [0.3, 0.4) is 0 Å². The normalized spacial score (nSPS) is 12.4. The molecule has 0 aromatic heterocycles. The van der Waals surface area contributed by atoms with Crippen LogP contribution in [-0.2, 0) is 13.3 Å². The Morgan fingerprint density at radius 3 is 1.79 bits per heavy atom. The molecule has 0 unspecified atom stereocenters. The van der Waals surface area contributed by atoms with Crippen molar-refractivity contribution in [1.82, 2.24) is 4.90 Å². The van der Waals surface area contributed by atoms with Gasteiger partial charge in [-0.15, -0.1) is 0 Å². The monoisotopic (exact) mass is 221 g/mol. The van der Waals surface area contributed by atoms with Crippen molar-refractivity contribution in [2.24, 2.45) is 0 Å². The molecular formula is C9H23NO3Si. The first-order chi connectivity index (χ1) is 6.67. The van der Waals surface area contributed by atoms with Crippen molar-refractivity contribution < 1.29 is 13.3 Å². The molecular weight excluding hydrogens is 198 g/mol. The molecule has 86 valence electrons. The van der Waals surface area contributed by atoms with Gasteiger partial charge in [-0.05, 0) is 13.1 Å². The SMILES string of the molecule is CCN(CC)CO[Si](CC)(OC)OC. The van der Waals surface area contributed by atoms with Crippen LogP contribution in [0, 0.1) is 0 Å². The van der Waals surface area contributed by atoms with E-state index in [1.165, 1.54) is 0 Å². The lowest BCUT2D eigenvalue weighted by Crippen LogP contribution is -2.46. The molecule has 4 nitrogen and oxygen atoms in total. The van der Waals surface area contributed by atoms with Crippen LogP contribution in [0.2, 0.25) is 6.04 Å². The summed E-state index contributed by atoms with van der Waals surface area (Å²) in [7, 11) is 0.954. The van der Waals surface area contributed by atoms with Crippen molar-refractivity contribution in [2.75, 3.05) is 34.0 Å². The summed E-state index contributed by atoms with van der Waals surface area (Å²) in [6.45, 7) is 8.82. The molecule has 0 aromatic carbocycles. The van der Waals surface area contributed by atoms with E-state index in [-0.39, 0.29) is 0 Å². The van der Waals surface area contributed by atoms with E-state index >= 15 is 0 Å². The molecule has 0 radical (unpaired) electrons. The standard InChI is InChI=1S/C9H23NO3Si/c1-6-10(7-2)9-13-14(8-3,11-4)12-5/h6-9H2,1-5H3. The van der Waals surface area contributed by atoms with Gasteiger partial charge >= 0.3 is 8.80 Å². The van der Waals surface area contributed by atoms with Gasteiger partial charge in [-0.25, -0.2) is 0 Å². The minimum absolute atomic E-state index is 0.592. The predicted octanol–water partition coefficient (Wildman–Crippen LogP) is 1.55. The minimum Gasteiger partial charge on any atom is -0.377 e. The number of nitrogens with zero attached hydrogens (tertiary/aromatic N) is 1. The average molecular weight is 221 g/mol. The van der Waals surface area contributed by atoms with Gasteiger partial charge in [-0.1, -0.05) is 20.8 Å². The summed E-state index contributed by atoms with van der Waals surface area (Å²) >= 11 is 0. The first-order valence-electron chi connectivity index (χ1n) is 5.14. The van der Waals surface area contributed by atoms with Crippen LogP contribution in [0.15, 0.2) is 0 Å². The fraction of sp³-hybridized carbons (Fsp3) is 1.00. The van der Waals surface area contributed by atoms with E-state index in [4.69, 9.17) is 13.3 Å². The van der Waals surface area contributed by atoms with Gasteiger partial charge in [0.05, 0.1) is 6.73 Å². The van der Waals surface area contributed by atoms with Crippen LogP contribution < -0.4 is 0 Å². The van der Waals surface area contributed by atoms with Gasteiger partial charge in [0, 0.05) is 20.3 Å². The Labute approximate surface area is 88.5 Å². The molecule has 0 amide bonds. The van der Waals surface area contributed by atoms with E-state index in [1.807, 2.05) is 6.92 Å². The van der Waals surface area contributed by atoms with Crippen molar-refractivity contribution in [3.63, 3.8) is 0 Å². The average Bonchev–Trinajstić information content (AvgIpc) is 2.26. The van der Waals surface area contributed by atoms with Crippen molar-refractivity contribution in [3.8, 4) is 0 Å². The van der Waals surface area contributed by atoms with E-state index in [9.17, 15) is 0 Å². The summed E-state index contributed by atoms with van der Waals surface area (Å²) in [4.78, 5) is 2.19. The molecule has 0 atom stereocenters. The van der Waals surface area contributed by atoms with Gasteiger partial charge in [-0.3, -0.25) is 4.90 Å². The highest BCUT2D eigenvalue weighted by Crippen LogP contribution is 2.13. The zero-order valence-corrected chi connectivity index (χ0v) is 11.0. The topological polar surface area (TPSA) is 30.9 Å². The molecule has 14 heavy (non-hydrogen) atoms. The third-order valence-electron chi connectivity index (χ3n) is 2.42. The Morgan fingerprint density at radius 2 is 1.50 bits per heavy atom. The number of hydrogen-bond acceptors (Lipinski definition) is 4. The minimum atomic E-state index is -2.35. The van der Waals surface area contributed by atoms with Crippen molar-refractivity contribution in [3.05, 3.63) is 0 Å². The predicted molar refractivity (Wildman–Crippen MR) is 59.1 cm³/mol. The molecule has 0 N–H and O–H groups in total. The molecule has 0 aliphatic heterocycles. The van der Waals surface area contributed by atoms with Gasteiger partial charge in [0.1, 0.15) is 0 Å². The summed E-state index contributed by atoms with van der Waals surface area (Å²) in [5, 5.41) is 0. The van der Waals surface area contributed by atoms with Crippen molar-refractivity contribution >= 4 is 8.80 Å². The fourth-order valence-corrected chi connectivity index (χ4v) is 2.75. The third-order valence-corrected chi connectivity index (χ3v) is 5.10. The first kappa shape index (κ1) is 14.1. The van der Waals surface area contributed by atoms with E-state index < -0.39 is 8.80 Å². The second-order valence-electron chi connectivity index (χ2n) is 3.02. The number of rotatable bonds is 8. The Hall–Kier alpha value is 0.0569. The molecule has 0 aliphatic rings. The van der Waals surface area contributed by atoms with E-state index in [2.05, 4.69) is 18.7 Å². The highest BCUT2D eigenvalue weighted by molar-refractivity contribution is 6.60. The van der Waals surface area contributed by atoms with Gasteiger partial charge in [0.25, 0.3) is 0 Å². The maximum Gasteiger partial charge on any atom is 0.501 e. The van der Waals surface area contributed by atoms with Crippen LogP contribution in [0.1, 0.15) is 20.8 Å². The first-order valence-corrected chi connectivity index (χ1v) is 7.07. The van der Waals surface area contributed by atoms with Crippen LogP contribution in [0.25, 0.3) is 0 Å². The van der Waals surface area contributed by atoms with Gasteiger partial charge < -0.3 is 13.3 Å². The van der Waals surface area contributed by atoms with Crippen molar-refractivity contribution in [1.29, 1.82) is 0 Å². The molecule has 0 saturated carbocycles. The molecule has 0 saturated heterocycles. The second-order valence-corrected chi connectivity index (χ2v) is 6.20. The smallest absolute Gasteiger partial charge is 0.377 e. The molecule has 0 spiro atoms. The number of hydrogen-bond donors (Lipinski definition) is 0. The lowest BCUT2D eigenvalue weighted by atomic mass is 10.6. The maximum atomic E-state index is 5.74. The van der Waals surface area contributed by atoms with E-state index in [1.54, 1.807) is 14.2 Å². The molecule has 0 rings (SSSR count). The highest BCUT2D eigenvalue weighted by Gasteiger charge is 2.36. The molecule has 0 aliphatic carbocycles. The highest BCUT2D eigenvalue weighted by atomic mass is 28.4. The molecule has 0 aromatic rings. The summed E-state index contributed by atoms with van der Waals surface area (Å²) in [6, 6.07) is 0.807. The Balaban J connectivity index is 4.04.